The van der Waals surface area contributed by atoms with Crippen LogP contribution in [0.25, 0.3) is 10.9 Å². The average Bonchev–Trinajstić information content (AvgIpc) is 3.04. The molecular formula is C21H23N3O2. The molecule has 1 amide bonds. The largest absolute Gasteiger partial charge is 0.393 e. The van der Waals surface area contributed by atoms with Gasteiger partial charge in [0.25, 0.3) is 5.91 Å². The summed E-state index contributed by atoms with van der Waals surface area (Å²) in [6.07, 6.45) is 3.26. The molecule has 1 aliphatic heterocycles. The van der Waals surface area contributed by atoms with E-state index in [9.17, 15) is 9.90 Å². The summed E-state index contributed by atoms with van der Waals surface area (Å²) in [5.41, 5.74) is 3.53. The van der Waals surface area contributed by atoms with Crippen LogP contribution in [0.15, 0.2) is 54.7 Å². The van der Waals surface area contributed by atoms with Gasteiger partial charge in [0.15, 0.2) is 0 Å². The van der Waals surface area contributed by atoms with Crippen molar-refractivity contribution in [1.82, 2.24) is 4.57 Å². The van der Waals surface area contributed by atoms with Gasteiger partial charge in [-0.2, -0.15) is 0 Å². The maximum Gasteiger partial charge on any atom is 0.256 e. The topological polar surface area (TPSA) is 57.5 Å². The Labute approximate surface area is 152 Å². The predicted octanol–water partition coefficient (Wildman–Crippen LogP) is 3.39. The molecule has 0 unspecified atom stereocenters. The molecule has 2 aromatic carbocycles. The molecule has 26 heavy (non-hydrogen) atoms. The Morgan fingerprint density at radius 3 is 2.65 bits per heavy atom. The van der Waals surface area contributed by atoms with Gasteiger partial charge in [0.1, 0.15) is 0 Å². The normalized spacial score (nSPS) is 15.4. The lowest BCUT2D eigenvalue weighted by Crippen LogP contribution is -2.36. The molecule has 1 aliphatic rings. The number of aliphatic hydroxyl groups excluding tert-OH is 1. The number of para-hydroxylation sites is 2. The SMILES string of the molecule is Cn1ccc2c(C(=O)Nc3ccccc3N3CCC(O)CC3)cccc21. The Morgan fingerprint density at radius 2 is 1.85 bits per heavy atom. The molecule has 5 heteroatoms. The fourth-order valence-corrected chi connectivity index (χ4v) is 3.65. The van der Waals surface area contributed by atoms with Crippen molar-refractivity contribution in [1.29, 1.82) is 0 Å². The lowest BCUT2D eigenvalue weighted by atomic mass is 10.1. The molecule has 2 N–H and O–H groups in total. The number of carbonyl (C=O) groups is 1. The second-order valence-corrected chi connectivity index (χ2v) is 6.85. The molecule has 134 valence electrons. The molecule has 5 nitrogen and oxygen atoms in total. The van der Waals surface area contributed by atoms with Gasteiger partial charge in [0.05, 0.1) is 17.5 Å². The first-order chi connectivity index (χ1) is 12.6. The number of benzene rings is 2. The van der Waals surface area contributed by atoms with Crippen LogP contribution in [-0.4, -0.2) is 34.8 Å². The lowest BCUT2D eigenvalue weighted by molar-refractivity contribution is 0.102. The summed E-state index contributed by atoms with van der Waals surface area (Å²) in [4.78, 5) is 15.2. The van der Waals surface area contributed by atoms with E-state index in [0.717, 1.165) is 48.2 Å². The number of aliphatic hydroxyl groups is 1. The smallest absolute Gasteiger partial charge is 0.256 e. The summed E-state index contributed by atoms with van der Waals surface area (Å²) >= 11 is 0. The first kappa shape index (κ1) is 16.7. The number of aryl methyl sites for hydroxylation is 1. The summed E-state index contributed by atoms with van der Waals surface area (Å²) in [5.74, 6) is -0.105. The highest BCUT2D eigenvalue weighted by Crippen LogP contribution is 2.29. The van der Waals surface area contributed by atoms with Gasteiger partial charge in [0, 0.05) is 42.8 Å². The quantitative estimate of drug-likeness (QED) is 0.762. The highest BCUT2D eigenvalue weighted by Gasteiger charge is 2.20. The van der Waals surface area contributed by atoms with E-state index in [1.165, 1.54) is 0 Å². The molecule has 0 saturated carbocycles. The van der Waals surface area contributed by atoms with Gasteiger partial charge < -0.3 is 19.9 Å². The molecule has 0 radical (unpaired) electrons. The first-order valence-corrected chi connectivity index (χ1v) is 9.01. The predicted molar refractivity (Wildman–Crippen MR) is 105 cm³/mol. The highest BCUT2D eigenvalue weighted by molar-refractivity contribution is 6.13. The van der Waals surface area contributed by atoms with Gasteiger partial charge in [-0.1, -0.05) is 18.2 Å². The van der Waals surface area contributed by atoms with Crippen LogP contribution in [0.1, 0.15) is 23.2 Å². The second-order valence-electron chi connectivity index (χ2n) is 6.85. The molecule has 2 heterocycles. The van der Waals surface area contributed by atoms with Gasteiger partial charge in [-0.25, -0.2) is 0 Å². The maximum atomic E-state index is 12.9. The van der Waals surface area contributed by atoms with E-state index in [1.54, 1.807) is 0 Å². The zero-order valence-corrected chi connectivity index (χ0v) is 14.9. The molecule has 0 spiro atoms. The van der Waals surface area contributed by atoms with Crippen molar-refractivity contribution in [3.63, 3.8) is 0 Å². The molecule has 0 aliphatic carbocycles. The van der Waals surface area contributed by atoms with Gasteiger partial charge in [0.2, 0.25) is 0 Å². The molecule has 1 fully saturated rings. The standard InChI is InChI=1S/C21H23N3O2/c1-23-12-11-16-17(5-4-8-19(16)23)21(26)22-18-6-2-3-7-20(18)24-13-9-15(25)10-14-24/h2-8,11-12,15,25H,9-10,13-14H2,1H3,(H,22,26). The van der Waals surface area contributed by atoms with Crippen molar-refractivity contribution in [3.8, 4) is 0 Å². The van der Waals surface area contributed by atoms with Crippen molar-refractivity contribution < 1.29 is 9.90 Å². The monoisotopic (exact) mass is 349 g/mol. The Kier molecular flexibility index (Phi) is 4.39. The molecular weight excluding hydrogens is 326 g/mol. The summed E-state index contributed by atoms with van der Waals surface area (Å²) in [7, 11) is 1.98. The number of nitrogens with zero attached hydrogens (tertiary/aromatic N) is 2. The van der Waals surface area contributed by atoms with Gasteiger partial charge in [-0.05, 0) is 43.2 Å². The third-order valence-corrected chi connectivity index (χ3v) is 5.13. The number of hydrogen-bond acceptors (Lipinski definition) is 3. The van der Waals surface area contributed by atoms with E-state index in [-0.39, 0.29) is 12.0 Å². The Hall–Kier alpha value is -2.79. The third kappa shape index (κ3) is 3.06. The minimum atomic E-state index is -0.219. The number of aromatic nitrogens is 1. The third-order valence-electron chi connectivity index (χ3n) is 5.13. The minimum absolute atomic E-state index is 0.105. The molecule has 4 rings (SSSR count). The van der Waals surface area contributed by atoms with E-state index >= 15 is 0 Å². The van der Waals surface area contributed by atoms with Crippen molar-refractivity contribution in [3.05, 3.63) is 60.3 Å². The molecule has 0 bridgehead atoms. The Morgan fingerprint density at radius 1 is 1.08 bits per heavy atom. The van der Waals surface area contributed by atoms with E-state index in [2.05, 4.69) is 10.2 Å². The number of piperidine rings is 1. The highest BCUT2D eigenvalue weighted by atomic mass is 16.3. The van der Waals surface area contributed by atoms with Crippen molar-refractivity contribution in [2.75, 3.05) is 23.3 Å². The van der Waals surface area contributed by atoms with Crippen LogP contribution in [0.3, 0.4) is 0 Å². The Bertz CT molecular complexity index is 939. The van der Waals surface area contributed by atoms with Gasteiger partial charge in [-0.3, -0.25) is 4.79 Å². The molecule has 1 saturated heterocycles. The van der Waals surface area contributed by atoms with Crippen molar-refractivity contribution in [2.24, 2.45) is 7.05 Å². The lowest BCUT2D eigenvalue weighted by Gasteiger charge is -2.32. The first-order valence-electron chi connectivity index (χ1n) is 9.01. The van der Waals surface area contributed by atoms with Crippen LogP contribution in [0.4, 0.5) is 11.4 Å². The van der Waals surface area contributed by atoms with Crippen LogP contribution >= 0.6 is 0 Å². The zero-order valence-electron chi connectivity index (χ0n) is 14.9. The number of fused-ring (bicyclic) bond motifs is 1. The van der Waals surface area contributed by atoms with Crippen LogP contribution < -0.4 is 10.2 Å². The molecule has 0 atom stereocenters. The summed E-state index contributed by atoms with van der Waals surface area (Å²) in [6, 6.07) is 15.6. The fourth-order valence-electron chi connectivity index (χ4n) is 3.65. The summed E-state index contributed by atoms with van der Waals surface area (Å²) in [6.45, 7) is 1.59. The van der Waals surface area contributed by atoms with Crippen molar-refractivity contribution in [2.45, 2.75) is 18.9 Å². The van der Waals surface area contributed by atoms with E-state index < -0.39 is 0 Å². The fraction of sp³-hybridized carbons (Fsp3) is 0.286. The Balaban J connectivity index is 1.62. The summed E-state index contributed by atoms with van der Waals surface area (Å²) in [5, 5.41) is 13.8. The summed E-state index contributed by atoms with van der Waals surface area (Å²) < 4.78 is 2.01. The van der Waals surface area contributed by atoms with E-state index in [4.69, 9.17) is 0 Å². The van der Waals surface area contributed by atoms with Gasteiger partial charge >= 0.3 is 0 Å². The molecule has 1 aromatic heterocycles. The van der Waals surface area contributed by atoms with Crippen LogP contribution in [0.2, 0.25) is 0 Å². The number of rotatable bonds is 3. The zero-order chi connectivity index (χ0) is 18.1. The van der Waals surface area contributed by atoms with E-state index in [0.29, 0.717) is 5.56 Å². The molecule has 3 aromatic rings. The van der Waals surface area contributed by atoms with Crippen LogP contribution in [-0.2, 0) is 7.05 Å². The number of carbonyl (C=O) groups excluding carboxylic acids is 1. The van der Waals surface area contributed by atoms with Gasteiger partial charge in [-0.15, -0.1) is 0 Å². The number of amides is 1. The van der Waals surface area contributed by atoms with E-state index in [1.807, 2.05) is 66.3 Å². The number of nitrogens with one attached hydrogen (secondary N) is 1. The van der Waals surface area contributed by atoms with Crippen LogP contribution in [0.5, 0.6) is 0 Å². The minimum Gasteiger partial charge on any atom is -0.393 e. The van der Waals surface area contributed by atoms with Crippen LogP contribution in [0, 0.1) is 0 Å². The average molecular weight is 349 g/mol. The number of hydrogen-bond donors (Lipinski definition) is 2. The second kappa shape index (κ2) is 6.84. The van der Waals surface area contributed by atoms with Crippen molar-refractivity contribution >= 4 is 28.2 Å². The number of anilines is 2. The maximum absolute atomic E-state index is 12.9.